The van der Waals surface area contributed by atoms with Crippen molar-refractivity contribution < 1.29 is 53.4 Å². The number of aliphatic hydroxyl groups excluding tert-OH is 1. The summed E-state index contributed by atoms with van der Waals surface area (Å²) < 4.78 is 0. The van der Waals surface area contributed by atoms with Gasteiger partial charge in [-0.25, -0.2) is 0 Å². The predicted octanol–water partition coefficient (Wildman–Crippen LogP) is -1.67. The van der Waals surface area contributed by atoms with E-state index in [9.17, 15) is 48.3 Å². The average Bonchev–Trinajstić information content (AvgIpc) is 3.23. The molecular formula is C43H72N10O11. The molecule has 9 atom stereocenters. The summed E-state index contributed by atoms with van der Waals surface area (Å²) in [6.07, 6.45) is 1.04. The number of aliphatic hydroxyl groups is 1. The topological polar surface area (TPSA) is 356 Å². The number of rotatable bonds is 31. The van der Waals surface area contributed by atoms with Crippen LogP contribution >= 0.6 is 0 Å². The second-order valence-corrected chi connectivity index (χ2v) is 16.4. The molecule has 1 aromatic carbocycles. The van der Waals surface area contributed by atoms with Crippen molar-refractivity contribution in [2.45, 2.75) is 154 Å². The Balaban J connectivity index is 3.15. The fourth-order valence-electron chi connectivity index (χ4n) is 6.38. The molecular weight excluding hydrogens is 833 g/mol. The summed E-state index contributed by atoms with van der Waals surface area (Å²) in [6.45, 7) is 9.85. The zero-order chi connectivity index (χ0) is 48.5. The van der Waals surface area contributed by atoms with E-state index in [4.69, 9.17) is 22.3 Å². The van der Waals surface area contributed by atoms with E-state index in [1.54, 1.807) is 52.0 Å². The van der Waals surface area contributed by atoms with Gasteiger partial charge in [-0.3, -0.25) is 43.2 Å². The molecule has 64 heavy (non-hydrogen) atoms. The minimum Gasteiger partial charge on any atom is -0.481 e. The highest BCUT2D eigenvalue weighted by atomic mass is 16.4. The van der Waals surface area contributed by atoms with Crippen LogP contribution in [0.1, 0.15) is 105 Å². The molecule has 0 fully saturated rings. The van der Waals surface area contributed by atoms with Crippen LogP contribution in [0, 0.1) is 11.8 Å². The highest BCUT2D eigenvalue weighted by Gasteiger charge is 2.37. The lowest BCUT2D eigenvalue weighted by molar-refractivity contribution is -0.138. The summed E-state index contributed by atoms with van der Waals surface area (Å²) in [5.74, 6) is -8.50. The first-order valence-electron chi connectivity index (χ1n) is 21.9. The summed E-state index contributed by atoms with van der Waals surface area (Å²) in [5.41, 5.74) is 18.1. The predicted molar refractivity (Wildman–Crippen MR) is 237 cm³/mol. The number of carboxylic acids is 1. The summed E-state index contributed by atoms with van der Waals surface area (Å²) in [6, 6.07) is -0.000234. The zero-order valence-electron chi connectivity index (χ0n) is 37.9. The van der Waals surface area contributed by atoms with Gasteiger partial charge in [-0.2, -0.15) is 0 Å². The number of primary amides is 1. The molecule has 0 aliphatic carbocycles. The van der Waals surface area contributed by atoms with Crippen LogP contribution < -0.4 is 54.4 Å². The first kappa shape index (κ1) is 56.3. The number of nitrogens with two attached hydrogens (primary N) is 3. The monoisotopic (exact) mass is 905 g/mol. The van der Waals surface area contributed by atoms with E-state index in [1.807, 2.05) is 6.07 Å². The lowest BCUT2D eigenvalue weighted by atomic mass is 9.95. The van der Waals surface area contributed by atoms with Gasteiger partial charge in [-0.15, -0.1) is 0 Å². The van der Waals surface area contributed by atoms with Crippen LogP contribution in [0.2, 0.25) is 0 Å². The Hall–Kier alpha value is -5.67. The molecule has 15 N–H and O–H groups in total. The van der Waals surface area contributed by atoms with Crippen LogP contribution in [-0.4, -0.2) is 125 Å². The van der Waals surface area contributed by atoms with Crippen LogP contribution in [-0.2, 0) is 49.6 Å². The zero-order valence-corrected chi connectivity index (χ0v) is 37.9. The van der Waals surface area contributed by atoms with E-state index in [1.165, 1.54) is 13.8 Å². The molecule has 1 rings (SSSR count). The van der Waals surface area contributed by atoms with E-state index >= 15 is 0 Å². The number of carbonyl (C=O) groups excluding carboxylic acids is 8. The lowest BCUT2D eigenvalue weighted by Gasteiger charge is -2.31. The minimum absolute atomic E-state index is 0.0115. The largest absolute Gasteiger partial charge is 0.481 e. The number of nitrogens with one attached hydrogen (secondary N) is 7. The molecule has 0 saturated heterocycles. The Kier molecular flexibility index (Phi) is 26.1. The summed E-state index contributed by atoms with van der Waals surface area (Å²) in [7, 11) is 0. The number of carbonyl (C=O) groups is 9. The Morgan fingerprint density at radius 2 is 1.20 bits per heavy atom. The minimum atomic E-state index is -1.58. The maximum Gasteiger partial charge on any atom is 0.303 e. The number of unbranched alkanes of at least 4 members (excludes halogenated alkanes) is 3. The van der Waals surface area contributed by atoms with Crippen LogP contribution in [0.25, 0.3) is 0 Å². The van der Waals surface area contributed by atoms with E-state index in [-0.39, 0.29) is 25.8 Å². The maximum absolute atomic E-state index is 13.9. The molecule has 0 spiro atoms. The van der Waals surface area contributed by atoms with E-state index in [0.717, 1.165) is 5.56 Å². The summed E-state index contributed by atoms with van der Waals surface area (Å²) >= 11 is 0. The molecule has 360 valence electrons. The normalized spacial score (nSPS) is 15.3. The first-order chi connectivity index (χ1) is 30.1. The van der Waals surface area contributed by atoms with Crippen molar-refractivity contribution >= 4 is 53.2 Å². The van der Waals surface area contributed by atoms with Gasteiger partial charge in [0, 0.05) is 13.0 Å². The fraction of sp³-hybridized carbons (Fsp3) is 0.651. The van der Waals surface area contributed by atoms with Gasteiger partial charge in [0.2, 0.25) is 47.3 Å². The van der Waals surface area contributed by atoms with Crippen LogP contribution in [0.15, 0.2) is 30.3 Å². The van der Waals surface area contributed by atoms with Crippen molar-refractivity contribution in [3.8, 4) is 0 Å². The number of benzene rings is 1. The molecule has 0 unspecified atom stereocenters. The SMILES string of the molecule is CC[C@H](C)[C@H](NC(=O)[C@H](CC(N)=O)NC(=O)[C@H](CCCCN)NC(=O)[C@@H](N)Cc1ccccc1)C(=O)N[C@H](C(=O)N[C@H](C(=O)N[C@@H](C)C(=O)NCCCCCC(=O)O)[C@@H](C)O)C(C)C. The van der Waals surface area contributed by atoms with Crippen molar-refractivity contribution in [2.75, 3.05) is 13.1 Å². The third kappa shape index (κ3) is 21.1. The van der Waals surface area contributed by atoms with Gasteiger partial charge in [0.05, 0.1) is 18.6 Å². The quantitative estimate of drug-likeness (QED) is 0.0372. The highest BCUT2D eigenvalue weighted by Crippen LogP contribution is 2.13. The molecule has 0 heterocycles. The van der Waals surface area contributed by atoms with Crippen molar-refractivity contribution in [2.24, 2.45) is 29.0 Å². The fourth-order valence-corrected chi connectivity index (χ4v) is 6.38. The van der Waals surface area contributed by atoms with Gasteiger partial charge in [0.15, 0.2) is 0 Å². The van der Waals surface area contributed by atoms with Crippen molar-refractivity contribution in [1.82, 2.24) is 37.2 Å². The third-order valence-electron chi connectivity index (χ3n) is 10.5. The van der Waals surface area contributed by atoms with Gasteiger partial charge in [0.25, 0.3) is 0 Å². The molecule has 21 heteroatoms. The van der Waals surface area contributed by atoms with Gasteiger partial charge >= 0.3 is 5.97 Å². The van der Waals surface area contributed by atoms with Gasteiger partial charge < -0.3 is 64.6 Å². The molecule has 8 amide bonds. The van der Waals surface area contributed by atoms with E-state index in [0.29, 0.717) is 45.1 Å². The average molecular weight is 905 g/mol. The van der Waals surface area contributed by atoms with Crippen LogP contribution in [0.3, 0.4) is 0 Å². The van der Waals surface area contributed by atoms with Gasteiger partial charge in [-0.1, -0.05) is 70.9 Å². The van der Waals surface area contributed by atoms with Crippen molar-refractivity contribution in [3.63, 3.8) is 0 Å². The molecule has 0 aliphatic rings. The standard InChI is InChI=1S/C43H72N10O11/c1-7-25(4)35(42(63)51-34(24(2)3)41(62)53-36(27(6)54)43(64)48-26(5)37(58)47-21-15-9-12-19-33(56)57)52-40(61)31(23-32(46)55)50-39(60)30(18-13-14-20-44)49-38(59)29(45)22-28-16-10-8-11-17-28/h8,10-11,16-17,24-27,29-31,34-36,54H,7,9,12-15,18-23,44-45H2,1-6H3,(H2,46,55)(H,47,58)(H,48,64)(H,49,59)(H,50,60)(H,51,63)(H,52,61)(H,53,62)(H,56,57)/t25-,26-,27+,29-,30-,31-,34-,35-,36-/m0/s1. The van der Waals surface area contributed by atoms with Gasteiger partial charge in [-0.05, 0) is 76.3 Å². The molecule has 0 aliphatic heterocycles. The Labute approximate surface area is 375 Å². The summed E-state index contributed by atoms with van der Waals surface area (Å²) in [4.78, 5) is 117. The first-order valence-corrected chi connectivity index (χ1v) is 21.9. The van der Waals surface area contributed by atoms with Crippen molar-refractivity contribution in [3.05, 3.63) is 35.9 Å². The van der Waals surface area contributed by atoms with Crippen molar-refractivity contribution in [1.29, 1.82) is 0 Å². The second kappa shape index (κ2) is 29.6. The van der Waals surface area contributed by atoms with Crippen LogP contribution in [0.4, 0.5) is 0 Å². The smallest absolute Gasteiger partial charge is 0.303 e. The molecule has 0 saturated carbocycles. The number of hydrogen-bond acceptors (Lipinski definition) is 12. The molecule has 0 aromatic heterocycles. The Morgan fingerprint density at radius 3 is 1.77 bits per heavy atom. The number of amides is 8. The van der Waals surface area contributed by atoms with Crippen LogP contribution in [0.5, 0.6) is 0 Å². The molecule has 21 nitrogen and oxygen atoms in total. The van der Waals surface area contributed by atoms with Gasteiger partial charge in [0.1, 0.15) is 36.3 Å². The third-order valence-corrected chi connectivity index (χ3v) is 10.5. The van der Waals surface area contributed by atoms with E-state index < -0.39 is 120 Å². The number of aliphatic carboxylic acids is 1. The number of hydrogen-bond donors (Lipinski definition) is 12. The second-order valence-electron chi connectivity index (χ2n) is 16.4. The lowest BCUT2D eigenvalue weighted by Crippen LogP contribution is -2.62. The molecule has 0 bridgehead atoms. The number of carboxylic acid groups (broad SMARTS) is 1. The highest BCUT2D eigenvalue weighted by molar-refractivity contribution is 5.98. The summed E-state index contributed by atoms with van der Waals surface area (Å²) in [5, 5.41) is 37.1. The Bertz CT molecular complexity index is 1700. The Morgan fingerprint density at radius 1 is 0.641 bits per heavy atom. The molecule has 0 radical (unpaired) electrons. The maximum atomic E-state index is 13.9. The van der Waals surface area contributed by atoms with E-state index in [2.05, 4.69) is 37.2 Å². The molecule has 1 aromatic rings.